The summed E-state index contributed by atoms with van der Waals surface area (Å²) in [7, 11) is 0. The molecule has 25 heavy (non-hydrogen) atoms. The Hall–Kier alpha value is -1.20. The van der Waals surface area contributed by atoms with Gasteiger partial charge in [0.25, 0.3) is 5.92 Å². The summed E-state index contributed by atoms with van der Waals surface area (Å²) in [4.78, 5) is 4.63. The van der Waals surface area contributed by atoms with E-state index in [1.165, 1.54) is 32.4 Å². The molecule has 0 N–H and O–H groups in total. The minimum Gasteiger partial charge on any atom is -0.494 e. The summed E-state index contributed by atoms with van der Waals surface area (Å²) >= 11 is 0. The Morgan fingerprint density at radius 2 is 1.72 bits per heavy atom. The van der Waals surface area contributed by atoms with Gasteiger partial charge in [-0.2, -0.15) is 0 Å². The van der Waals surface area contributed by atoms with Gasteiger partial charge in [0.1, 0.15) is 5.75 Å². The Morgan fingerprint density at radius 3 is 2.48 bits per heavy atom. The molecule has 0 atom stereocenters. The second kappa shape index (κ2) is 8.95. The standard InChI is InChI=1S/C20H30F2N2O/c21-20(22)8-13-24(14-9-20)17-18-6-4-7-19(16-18)25-15-5-12-23-10-2-1-3-11-23/h4,6-7,16H,1-3,5,8-15,17H2. The van der Waals surface area contributed by atoms with Gasteiger partial charge < -0.3 is 9.64 Å². The number of likely N-dealkylation sites (tertiary alicyclic amines) is 2. The van der Waals surface area contributed by atoms with Crippen LogP contribution < -0.4 is 4.74 Å². The summed E-state index contributed by atoms with van der Waals surface area (Å²) in [5.41, 5.74) is 1.14. The molecule has 0 radical (unpaired) electrons. The molecule has 0 amide bonds. The van der Waals surface area contributed by atoms with Crippen LogP contribution in [0.1, 0.15) is 44.1 Å². The molecule has 2 heterocycles. The summed E-state index contributed by atoms with van der Waals surface area (Å²) in [5, 5.41) is 0. The van der Waals surface area contributed by atoms with Crippen LogP contribution in [0.2, 0.25) is 0 Å². The van der Waals surface area contributed by atoms with Gasteiger partial charge in [-0.25, -0.2) is 8.78 Å². The Morgan fingerprint density at radius 1 is 0.960 bits per heavy atom. The van der Waals surface area contributed by atoms with Gasteiger partial charge in [-0.3, -0.25) is 4.90 Å². The molecule has 3 rings (SSSR count). The van der Waals surface area contributed by atoms with Crippen molar-refractivity contribution in [1.29, 1.82) is 0 Å². The van der Waals surface area contributed by atoms with Crippen molar-refractivity contribution in [2.24, 2.45) is 0 Å². The normalized spacial score (nSPS) is 22.0. The average Bonchev–Trinajstić information content (AvgIpc) is 2.62. The molecule has 2 saturated heterocycles. The molecule has 3 nitrogen and oxygen atoms in total. The van der Waals surface area contributed by atoms with Crippen molar-refractivity contribution >= 4 is 0 Å². The topological polar surface area (TPSA) is 15.7 Å². The van der Waals surface area contributed by atoms with E-state index in [9.17, 15) is 8.78 Å². The van der Waals surface area contributed by atoms with Crippen molar-refractivity contribution in [1.82, 2.24) is 9.80 Å². The third kappa shape index (κ3) is 6.23. The fraction of sp³-hybridized carbons (Fsp3) is 0.700. The lowest BCUT2D eigenvalue weighted by Gasteiger charge is -2.31. The highest BCUT2D eigenvalue weighted by molar-refractivity contribution is 5.28. The van der Waals surface area contributed by atoms with E-state index in [4.69, 9.17) is 4.74 Å². The summed E-state index contributed by atoms with van der Waals surface area (Å²) in [6.45, 7) is 5.95. The highest BCUT2D eigenvalue weighted by Gasteiger charge is 2.33. The largest absolute Gasteiger partial charge is 0.494 e. The molecule has 0 saturated carbocycles. The molecule has 2 aliphatic rings. The van der Waals surface area contributed by atoms with Crippen LogP contribution in [0.25, 0.3) is 0 Å². The van der Waals surface area contributed by atoms with E-state index in [1.54, 1.807) is 0 Å². The number of halogens is 2. The molecule has 1 aromatic rings. The van der Waals surface area contributed by atoms with Gasteiger partial charge >= 0.3 is 0 Å². The second-order valence-corrected chi connectivity index (χ2v) is 7.38. The average molecular weight is 352 g/mol. The Bertz CT molecular complexity index is 522. The SMILES string of the molecule is FC1(F)CCN(Cc2cccc(OCCCN3CCCCC3)c2)CC1. The first-order chi connectivity index (χ1) is 12.1. The summed E-state index contributed by atoms with van der Waals surface area (Å²) in [5.74, 6) is -1.59. The maximum Gasteiger partial charge on any atom is 0.250 e. The monoisotopic (exact) mass is 352 g/mol. The first-order valence-electron chi connectivity index (χ1n) is 9.65. The highest BCUT2D eigenvalue weighted by atomic mass is 19.3. The van der Waals surface area contributed by atoms with Crippen molar-refractivity contribution < 1.29 is 13.5 Å². The molecule has 0 bridgehead atoms. The van der Waals surface area contributed by atoms with E-state index in [2.05, 4.69) is 9.80 Å². The highest BCUT2D eigenvalue weighted by Crippen LogP contribution is 2.28. The second-order valence-electron chi connectivity index (χ2n) is 7.38. The van der Waals surface area contributed by atoms with Crippen LogP contribution in [0.5, 0.6) is 5.75 Å². The van der Waals surface area contributed by atoms with Gasteiger partial charge in [0.05, 0.1) is 6.61 Å². The van der Waals surface area contributed by atoms with Crippen molar-refractivity contribution in [3.05, 3.63) is 29.8 Å². The van der Waals surface area contributed by atoms with E-state index in [1.807, 2.05) is 24.3 Å². The van der Waals surface area contributed by atoms with Crippen LogP contribution in [0, 0.1) is 0 Å². The molecular formula is C20H30F2N2O. The zero-order valence-corrected chi connectivity index (χ0v) is 15.1. The lowest BCUT2D eigenvalue weighted by atomic mass is 10.1. The number of benzene rings is 1. The molecule has 5 heteroatoms. The van der Waals surface area contributed by atoms with Crippen LogP contribution in [0.15, 0.2) is 24.3 Å². The van der Waals surface area contributed by atoms with Gasteiger partial charge in [0.15, 0.2) is 0 Å². The molecule has 0 spiro atoms. The molecular weight excluding hydrogens is 322 g/mol. The van der Waals surface area contributed by atoms with Gasteiger partial charge in [0, 0.05) is 39.0 Å². The van der Waals surface area contributed by atoms with Crippen molar-refractivity contribution in [3.63, 3.8) is 0 Å². The van der Waals surface area contributed by atoms with Crippen molar-refractivity contribution in [2.75, 3.05) is 39.3 Å². The van der Waals surface area contributed by atoms with Gasteiger partial charge in [0.2, 0.25) is 0 Å². The van der Waals surface area contributed by atoms with E-state index >= 15 is 0 Å². The molecule has 140 valence electrons. The summed E-state index contributed by atoms with van der Waals surface area (Å²) in [6, 6.07) is 8.07. The predicted molar refractivity (Wildman–Crippen MR) is 96.3 cm³/mol. The molecule has 0 aromatic heterocycles. The molecule has 2 fully saturated rings. The number of hydrogen-bond acceptors (Lipinski definition) is 3. The van der Waals surface area contributed by atoms with Gasteiger partial charge in [-0.05, 0) is 50.0 Å². The number of ether oxygens (including phenoxy) is 1. The Balaban J connectivity index is 1.39. The minimum atomic E-state index is -2.48. The molecule has 2 aliphatic heterocycles. The smallest absolute Gasteiger partial charge is 0.250 e. The zero-order valence-electron chi connectivity index (χ0n) is 15.1. The molecule has 0 unspecified atom stereocenters. The van der Waals surface area contributed by atoms with E-state index < -0.39 is 5.92 Å². The molecule has 0 aliphatic carbocycles. The number of rotatable bonds is 7. The van der Waals surface area contributed by atoms with Crippen LogP contribution in [-0.2, 0) is 6.54 Å². The maximum absolute atomic E-state index is 13.2. The lowest BCUT2D eigenvalue weighted by molar-refractivity contribution is -0.0566. The fourth-order valence-corrected chi connectivity index (χ4v) is 3.69. The Kier molecular flexibility index (Phi) is 6.65. The lowest BCUT2D eigenvalue weighted by Crippen LogP contribution is -2.38. The summed E-state index contributed by atoms with van der Waals surface area (Å²) in [6.07, 6.45) is 5.01. The number of piperidine rings is 2. The van der Waals surface area contributed by atoms with E-state index in [-0.39, 0.29) is 12.8 Å². The molecule has 1 aromatic carbocycles. The number of nitrogens with zero attached hydrogens (tertiary/aromatic N) is 2. The predicted octanol–water partition coefficient (Wildman–Crippen LogP) is 4.17. The van der Waals surface area contributed by atoms with Gasteiger partial charge in [-0.15, -0.1) is 0 Å². The van der Waals surface area contributed by atoms with Gasteiger partial charge in [-0.1, -0.05) is 18.6 Å². The third-order valence-corrected chi connectivity index (χ3v) is 5.23. The van der Waals surface area contributed by atoms with Crippen LogP contribution in [0.4, 0.5) is 8.78 Å². The Labute approximate surface area is 149 Å². The maximum atomic E-state index is 13.2. The van der Waals surface area contributed by atoms with Crippen LogP contribution in [-0.4, -0.2) is 55.1 Å². The van der Waals surface area contributed by atoms with E-state index in [0.29, 0.717) is 13.1 Å². The number of hydrogen-bond donors (Lipinski definition) is 0. The quantitative estimate of drug-likeness (QED) is 0.685. The van der Waals surface area contributed by atoms with Crippen LogP contribution >= 0.6 is 0 Å². The van der Waals surface area contributed by atoms with Crippen molar-refractivity contribution in [2.45, 2.75) is 51.0 Å². The first kappa shape index (κ1) is 18.6. The van der Waals surface area contributed by atoms with E-state index in [0.717, 1.165) is 37.4 Å². The third-order valence-electron chi connectivity index (χ3n) is 5.23. The minimum absolute atomic E-state index is 0.0281. The van der Waals surface area contributed by atoms with Crippen LogP contribution in [0.3, 0.4) is 0 Å². The van der Waals surface area contributed by atoms with Crippen molar-refractivity contribution in [3.8, 4) is 5.75 Å². The number of alkyl halides is 2. The first-order valence-corrected chi connectivity index (χ1v) is 9.65. The summed E-state index contributed by atoms with van der Waals surface area (Å²) < 4.78 is 32.4. The zero-order chi connectivity index (χ0) is 17.5. The fourth-order valence-electron chi connectivity index (χ4n) is 3.69.